The van der Waals surface area contributed by atoms with Crippen LogP contribution in [0, 0.1) is 6.92 Å². The summed E-state index contributed by atoms with van der Waals surface area (Å²) in [7, 11) is 0. The highest BCUT2D eigenvalue weighted by atomic mass is 35.5. The van der Waals surface area contributed by atoms with E-state index in [-0.39, 0.29) is 0 Å². The third kappa shape index (κ3) is 4.18. The quantitative estimate of drug-likeness (QED) is 0.713. The highest BCUT2D eigenvalue weighted by molar-refractivity contribution is 7.80. The van der Waals surface area contributed by atoms with E-state index >= 15 is 0 Å². The fraction of sp³-hybridized carbons (Fsp3) is 0.500. The van der Waals surface area contributed by atoms with E-state index in [4.69, 9.17) is 23.8 Å². The molecular weight excluding hydrogens is 326 g/mol. The fourth-order valence-corrected chi connectivity index (χ4v) is 3.90. The number of H-pyrrole nitrogens is 1. The molecule has 1 aliphatic carbocycles. The van der Waals surface area contributed by atoms with Gasteiger partial charge in [0.05, 0.1) is 0 Å². The summed E-state index contributed by atoms with van der Waals surface area (Å²) >= 11 is 11.6. The molecule has 1 aromatic carbocycles. The van der Waals surface area contributed by atoms with E-state index in [1.807, 2.05) is 18.2 Å². The first-order valence-electron chi connectivity index (χ1n) is 8.44. The highest BCUT2D eigenvalue weighted by Gasteiger charge is 2.14. The molecule has 1 fully saturated rings. The van der Waals surface area contributed by atoms with Crippen LogP contribution in [0.1, 0.15) is 43.4 Å². The molecule has 5 heteroatoms. The molecule has 0 unspecified atom stereocenters. The zero-order chi connectivity index (χ0) is 16.2. The van der Waals surface area contributed by atoms with Gasteiger partial charge in [0.25, 0.3) is 0 Å². The predicted molar refractivity (Wildman–Crippen MR) is 102 cm³/mol. The minimum Gasteiger partial charge on any atom is -0.362 e. The summed E-state index contributed by atoms with van der Waals surface area (Å²) in [6, 6.07) is 6.55. The molecule has 1 aliphatic rings. The van der Waals surface area contributed by atoms with E-state index in [9.17, 15) is 0 Å². The van der Waals surface area contributed by atoms with Gasteiger partial charge in [0.2, 0.25) is 0 Å². The molecule has 1 heterocycles. The lowest BCUT2D eigenvalue weighted by Gasteiger charge is -2.24. The van der Waals surface area contributed by atoms with Gasteiger partial charge in [-0.25, -0.2) is 0 Å². The second kappa shape index (κ2) is 7.54. The van der Waals surface area contributed by atoms with Gasteiger partial charge in [-0.15, -0.1) is 0 Å². The maximum Gasteiger partial charge on any atom is 0.166 e. The van der Waals surface area contributed by atoms with Crippen molar-refractivity contribution in [3.63, 3.8) is 0 Å². The molecule has 3 rings (SSSR count). The third-order valence-electron chi connectivity index (χ3n) is 4.68. The van der Waals surface area contributed by atoms with E-state index in [0.717, 1.165) is 28.6 Å². The lowest BCUT2D eigenvalue weighted by atomic mass is 9.96. The Morgan fingerprint density at radius 2 is 2.09 bits per heavy atom. The Morgan fingerprint density at radius 1 is 1.30 bits per heavy atom. The molecule has 0 bridgehead atoms. The molecular formula is C18H24ClN3S. The first-order valence-corrected chi connectivity index (χ1v) is 9.23. The van der Waals surface area contributed by atoms with Gasteiger partial charge in [-0.1, -0.05) is 30.9 Å². The number of aromatic nitrogens is 1. The molecule has 3 N–H and O–H groups in total. The number of aromatic amines is 1. The lowest BCUT2D eigenvalue weighted by molar-refractivity contribution is 0.412. The summed E-state index contributed by atoms with van der Waals surface area (Å²) in [6.07, 6.45) is 7.40. The second-order valence-electron chi connectivity index (χ2n) is 6.40. The van der Waals surface area contributed by atoms with Crippen molar-refractivity contribution in [3.05, 3.63) is 34.5 Å². The molecule has 23 heavy (non-hydrogen) atoms. The van der Waals surface area contributed by atoms with Crippen molar-refractivity contribution in [2.45, 2.75) is 51.5 Å². The number of fused-ring (bicyclic) bond motifs is 1. The molecule has 0 aliphatic heterocycles. The van der Waals surface area contributed by atoms with Gasteiger partial charge >= 0.3 is 0 Å². The largest absolute Gasteiger partial charge is 0.362 e. The smallest absolute Gasteiger partial charge is 0.166 e. The number of aryl methyl sites for hydroxylation is 1. The van der Waals surface area contributed by atoms with Crippen molar-refractivity contribution < 1.29 is 0 Å². The average molecular weight is 350 g/mol. The Balaban J connectivity index is 1.55. The van der Waals surface area contributed by atoms with Gasteiger partial charge in [0, 0.05) is 34.2 Å². The first kappa shape index (κ1) is 16.6. The molecule has 3 nitrogen and oxygen atoms in total. The van der Waals surface area contributed by atoms with Crippen LogP contribution < -0.4 is 10.6 Å². The van der Waals surface area contributed by atoms with Crippen LogP contribution in [-0.2, 0) is 6.42 Å². The summed E-state index contributed by atoms with van der Waals surface area (Å²) in [6.45, 7) is 2.95. The summed E-state index contributed by atoms with van der Waals surface area (Å²) in [5.74, 6) is 0. The molecule has 0 amide bonds. The molecule has 2 aromatic rings. The van der Waals surface area contributed by atoms with Crippen LogP contribution in [-0.4, -0.2) is 22.7 Å². The zero-order valence-corrected chi connectivity index (χ0v) is 15.1. The monoisotopic (exact) mass is 349 g/mol. The standard InChI is InChI=1S/C18H24ClN3S/c1-12-15(16-11-13(19)7-8-17(16)21-12)9-10-20-18(23)22-14-5-3-2-4-6-14/h7-8,11,14,21H,2-6,9-10H2,1H3,(H2,20,22,23). The van der Waals surface area contributed by atoms with E-state index in [1.165, 1.54) is 48.7 Å². The third-order valence-corrected chi connectivity index (χ3v) is 5.18. The maximum atomic E-state index is 6.13. The molecule has 1 saturated carbocycles. The normalized spacial score (nSPS) is 15.7. The van der Waals surface area contributed by atoms with Gasteiger partial charge in [0.1, 0.15) is 0 Å². The minimum absolute atomic E-state index is 0.553. The van der Waals surface area contributed by atoms with Gasteiger partial charge in [-0.2, -0.15) is 0 Å². The van der Waals surface area contributed by atoms with Crippen LogP contribution in [0.25, 0.3) is 10.9 Å². The van der Waals surface area contributed by atoms with Crippen LogP contribution >= 0.6 is 23.8 Å². The summed E-state index contributed by atoms with van der Waals surface area (Å²) in [5.41, 5.74) is 3.66. The average Bonchev–Trinajstić information content (AvgIpc) is 2.84. The van der Waals surface area contributed by atoms with Crippen molar-refractivity contribution in [2.24, 2.45) is 0 Å². The van der Waals surface area contributed by atoms with Gasteiger partial charge in [0.15, 0.2) is 5.11 Å². The van der Waals surface area contributed by atoms with Crippen LogP contribution in [0.5, 0.6) is 0 Å². The molecule has 0 saturated heterocycles. The number of hydrogen-bond acceptors (Lipinski definition) is 1. The fourth-order valence-electron chi connectivity index (χ4n) is 3.46. The summed E-state index contributed by atoms with van der Waals surface area (Å²) < 4.78 is 0. The van der Waals surface area contributed by atoms with Crippen LogP contribution in [0.4, 0.5) is 0 Å². The number of thiocarbonyl (C=S) groups is 1. The van der Waals surface area contributed by atoms with Gasteiger partial charge in [-0.3, -0.25) is 0 Å². The van der Waals surface area contributed by atoms with Crippen molar-refractivity contribution >= 4 is 39.8 Å². The Hall–Kier alpha value is -1.26. The van der Waals surface area contributed by atoms with E-state index in [1.54, 1.807) is 0 Å². The van der Waals surface area contributed by atoms with Crippen molar-refractivity contribution in [2.75, 3.05) is 6.54 Å². The van der Waals surface area contributed by atoms with Crippen molar-refractivity contribution in [1.82, 2.24) is 15.6 Å². The topological polar surface area (TPSA) is 39.9 Å². The molecule has 0 radical (unpaired) electrons. The number of rotatable bonds is 4. The number of halogens is 1. The van der Waals surface area contributed by atoms with Gasteiger partial charge < -0.3 is 15.6 Å². The zero-order valence-electron chi connectivity index (χ0n) is 13.5. The number of benzene rings is 1. The van der Waals surface area contributed by atoms with E-state index in [0.29, 0.717) is 6.04 Å². The number of hydrogen-bond donors (Lipinski definition) is 3. The maximum absolute atomic E-state index is 6.13. The molecule has 124 valence electrons. The Morgan fingerprint density at radius 3 is 2.87 bits per heavy atom. The predicted octanol–water partition coefficient (Wildman–Crippen LogP) is 4.47. The summed E-state index contributed by atoms with van der Waals surface area (Å²) in [5, 5.41) is 9.57. The van der Waals surface area contributed by atoms with Crippen LogP contribution in [0.2, 0.25) is 5.02 Å². The lowest BCUT2D eigenvalue weighted by Crippen LogP contribution is -2.43. The van der Waals surface area contributed by atoms with Crippen LogP contribution in [0.3, 0.4) is 0 Å². The SMILES string of the molecule is Cc1[nH]c2ccc(Cl)cc2c1CCNC(=S)NC1CCCCC1. The summed E-state index contributed by atoms with van der Waals surface area (Å²) in [4.78, 5) is 3.42. The van der Waals surface area contributed by atoms with Crippen LogP contribution in [0.15, 0.2) is 18.2 Å². The Bertz CT molecular complexity index is 689. The molecule has 0 atom stereocenters. The van der Waals surface area contributed by atoms with Crippen molar-refractivity contribution in [1.29, 1.82) is 0 Å². The highest BCUT2D eigenvalue weighted by Crippen LogP contribution is 2.25. The second-order valence-corrected chi connectivity index (χ2v) is 7.25. The minimum atomic E-state index is 0.553. The Kier molecular flexibility index (Phi) is 5.44. The van der Waals surface area contributed by atoms with E-state index in [2.05, 4.69) is 22.5 Å². The Labute approximate surface area is 148 Å². The molecule has 1 aromatic heterocycles. The first-order chi connectivity index (χ1) is 11.1. The number of nitrogens with one attached hydrogen (secondary N) is 3. The molecule has 0 spiro atoms. The van der Waals surface area contributed by atoms with E-state index < -0.39 is 0 Å². The van der Waals surface area contributed by atoms with Crippen molar-refractivity contribution in [3.8, 4) is 0 Å². The van der Waals surface area contributed by atoms with Gasteiger partial charge in [-0.05, 0) is 62.2 Å².